The van der Waals surface area contributed by atoms with Crippen LogP contribution in [-0.4, -0.2) is 29.3 Å². The van der Waals surface area contributed by atoms with Gasteiger partial charge in [-0.25, -0.2) is 0 Å². The molecule has 0 aromatic heterocycles. The molecule has 1 N–H and O–H groups in total. The number of rotatable bonds is 8. The predicted octanol–water partition coefficient (Wildman–Crippen LogP) is 4.34. The van der Waals surface area contributed by atoms with Gasteiger partial charge in [-0.2, -0.15) is 0 Å². The average Bonchev–Trinajstić information content (AvgIpc) is 2.67. The molecule has 0 heterocycles. The van der Waals surface area contributed by atoms with E-state index >= 15 is 0 Å². The van der Waals surface area contributed by atoms with Crippen molar-refractivity contribution in [1.82, 2.24) is 10.2 Å². The molecule has 29 heavy (non-hydrogen) atoms. The van der Waals surface area contributed by atoms with Crippen LogP contribution in [0.4, 0.5) is 0 Å². The van der Waals surface area contributed by atoms with Gasteiger partial charge in [-0.05, 0) is 61.4 Å². The third-order valence-electron chi connectivity index (χ3n) is 5.38. The Kier molecular flexibility index (Phi) is 8.00. The molecule has 0 spiro atoms. The zero-order chi connectivity index (χ0) is 21.6. The molecule has 0 radical (unpaired) electrons. The molecular weight excluding hydrogens is 360 g/mol. The molecule has 0 aliphatic carbocycles. The van der Waals surface area contributed by atoms with Crippen molar-refractivity contribution in [2.75, 3.05) is 6.54 Å². The fourth-order valence-corrected chi connectivity index (χ4v) is 3.20. The number of carbonyl (C=O) groups is 2. The quantitative estimate of drug-likeness (QED) is 0.724. The highest BCUT2D eigenvalue weighted by Gasteiger charge is 2.26. The minimum Gasteiger partial charge on any atom is -0.354 e. The van der Waals surface area contributed by atoms with E-state index in [1.807, 2.05) is 50.2 Å². The fraction of sp³-hybridized carbons (Fsp3) is 0.440. The Morgan fingerprint density at radius 2 is 1.62 bits per heavy atom. The minimum absolute atomic E-state index is 0.0382. The van der Waals surface area contributed by atoms with Crippen LogP contribution < -0.4 is 5.32 Å². The maximum Gasteiger partial charge on any atom is 0.242 e. The molecule has 0 aliphatic rings. The monoisotopic (exact) mass is 394 g/mol. The van der Waals surface area contributed by atoms with E-state index in [2.05, 4.69) is 39.1 Å². The normalized spacial score (nSPS) is 12.0. The van der Waals surface area contributed by atoms with Gasteiger partial charge in [0, 0.05) is 13.1 Å². The van der Waals surface area contributed by atoms with Crippen LogP contribution in [0.3, 0.4) is 0 Å². The largest absolute Gasteiger partial charge is 0.354 e. The van der Waals surface area contributed by atoms with Crippen LogP contribution in [-0.2, 0) is 22.6 Å². The van der Waals surface area contributed by atoms with Crippen LogP contribution in [0.25, 0.3) is 0 Å². The van der Waals surface area contributed by atoms with E-state index in [0.717, 1.165) is 16.7 Å². The second-order valence-corrected chi connectivity index (χ2v) is 8.36. The summed E-state index contributed by atoms with van der Waals surface area (Å²) in [4.78, 5) is 27.7. The van der Waals surface area contributed by atoms with Crippen LogP contribution in [0.5, 0.6) is 0 Å². The molecule has 0 saturated heterocycles. The molecule has 2 amide bonds. The van der Waals surface area contributed by atoms with Crippen LogP contribution in [0, 0.1) is 26.7 Å². The summed E-state index contributed by atoms with van der Waals surface area (Å²) in [5, 5.41) is 2.97. The molecule has 156 valence electrons. The van der Waals surface area contributed by atoms with Gasteiger partial charge in [0.2, 0.25) is 11.8 Å². The van der Waals surface area contributed by atoms with Gasteiger partial charge in [-0.15, -0.1) is 0 Å². The van der Waals surface area contributed by atoms with E-state index in [1.54, 1.807) is 4.90 Å². The number of hydrogen-bond donors (Lipinski definition) is 1. The molecular formula is C25H34N2O2. The van der Waals surface area contributed by atoms with E-state index in [9.17, 15) is 9.59 Å². The van der Waals surface area contributed by atoms with Gasteiger partial charge < -0.3 is 10.2 Å². The Labute approximate surface area is 175 Å². The summed E-state index contributed by atoms with van der Waals surface area (Å²) in [5.74, 6) is 0.214. The molecule has 2 aromatic rings. The number of carbonyl (C=O) groups excluding carboxylic acids is 2. The van der Waals surface area contributed by atoms with Crippen LogP contribution in [0.2, 0.25) is 0 Å². The SMILES string of the molecule is Cc1ccc(CC(=O)N(Cc2ccccc2C)[C@H](C)C(=O)NCC(C)C)cc1C. The summed E-state index contributed by atoms with van der Waals surface area (Å²) in [5.41, 5.74) is 5.53. The lowest BCUT2D eigenvalue weighted by Gasteiger charge is -2.29. The van der Waals surface area contributed by atoms with Crippen molar-refractivity contribution in [2.45, 2.75) is 60.5 Å². The Morgan fingerprint density at radius 3 is 2.24 bits per heavy atom. The van der Waals surface area contributed by atoms with Crippen molar-refractivity contribution in [2.24, 2.45) is 5.92 Å². The third-order valence-corrected chi connectivity index (χ3v) is 5.38. The van der Waals surface area contributed by atoms with E-state index in [-0.39, 0.29) is 18.2 Å². The Bertz CT molecular complexity index is 858. The van der Waals surface area contributed by atoms with Crippen LogP contribution in [0.1, 0.15) is 48.6 Å². The van der Waals surface area contributed by atoms with Gasteiger partial charge in [0.25, 0.3) is 0 Å². The van der Waals surface area contributed by atoms with Gasteiger partial charge in [-0.3, -0.25) is 9.59 Å². The molecule has 4 nitrogen and oxygen atoms in total. The molecule has 0 bridgehead atoms. The number of amides is 2. The summed E-state index contributed by atoms with van der Waals surface area (Å²) < 4.78 is 0. The first-order valence-electron chi connectivity index (χ1n) is 10.4. The first kappa shape index (κ1) is 22.7. The van der Waals surface area contributed by atoms with Gasteiger partial charge in [-0.1, -0.05) is 56.3 Å². The van der Waals surface area contributed by atoms with Gasteiger partial charge >= 0.3 is 0 Å². The summed E-state index contributed by atoms with van der Waals surface area (Å²) in [6.45, 7) is 13.1. The molecule has 1 atom stereocenters. The van der Waals surface area contributed by atoms with Crippen molar-refractivity contribution in [1.29, 1.82) is 0 Å². The molecule has 2 rings (SSSR count). The van der Waals surface area contributed by atoms with Crippen LogP contribution in [0.15, 0.2) is 42.5 Å². The lowest BCUT2D eigenvalue weighted by atomic mass is 10.0. The summed E-state index contributed by atoms with van der Waals surface area (Å²) in [6.07, 6.45) is 0.287. The maximum atomic E-state index is 13.3. The number of hydrogen-bond acceptors (Lipinski definition) is 2. The van der Waals surface area contributed by atoms with E-state index in [1.165, 1.54) is 11.1 Å². The predicted molar refractivity (Wildman–Crippen MR) is 119 cm³/mol. The number of aryl methyl sites for hydroxylation is 3. The van der Waals surface area contributed by atoms with Crippen LogP contribution >= 0.6 is 0 Å². The maximum absolute atomic E-state index is 13.3. The van der Waals surface area contributed by atoms with E-state index in [0.29, 0.717) is 19.0 Å². The highest BCUT2D eigenvalue weighted by atomic mass is 16.2. The Balaban J connectivity index is 2.24. The Hall–Kier alpha value is -2.62. The Morgan fingerprint density at radius 1 is 0.931 bits per heavy atom. The second-order valence-electron chi connectivity index (χ2n) is 8.36. The van der Waals surface area contributed by atoms with Crippen molar-refractivity contribution < 1.29 is 9.59 Å². The first-order valence-corrected chi connectivity index (χ1v) is 10.4. The van der Waals surface area contributed by atoms with Crippen molar-refractivity contribution in [3.63, 3.8) is 0 Å². The second kappa shape index (κ2) is 10.2. The highest BCUT2D eigenvalue weighted by molar-refractivity contribution is 5.88. The van der Waals surface area contributed by atoms with E-state index < -0.39 is 6.04 Å². The molecule has 0 saturated carbocycles. The molecule has 0 aliphatic heterocycles. The smallest absolute Gasteiger partial charge is 0.242 e. The van der Waals surface area contributed by atoms with Crippen molar-refractivity contribution >= 4 is 11.8 Å². The minimum atomic E-state index is -0.535. The van der Waals surface area contributed by atoms with Gasteiger partial charge in [0.1, 0.15) is 6.04 Å². The molecule has 2 aromatic carbocycles. The molecule has 4 heteroatoms. The van der Waals surface area contributed by atoms with Gasteiger partial charge in [0.15, 0.2) is 0 Å². The lowest BCUT2D eigenvalue weighted by Crippen LogP contribution is -2.48. The zero-order valence-electron chi connectivity index (χ0n) is 18.6. The number of benzene rings is 2. The molecule has 0 fully saturated rings. The first-order chi connectivity index (χ1) is 13.7. The summed E-state index contributed by atoms with van der Waals surface area (Å²) in [6, 6.07) is 13.6. The standard InChI is InChI=1S/C25H34N2O2/c1-17(2)15-26-25(29)21(6)27(16-23-10-8-7-9-19(23)4)24(28)14-22-12-11-18(3)20(5)13-22/h7-13,17,21H,14-16H2,1-6H3,(H,26,29)/t21-/m1/s1. The zero-order valence-corrected chi connectivity index (χ0v) is 18.6. The van der Waals surface area contributed by atoms with E-state index in [4.69, 9.17) is 0 Å². The lowest BCUT2D eigenvalue weighted by molar-refractivity contribution is -0.140. The highest BCUT2D eigenvalue weighted by Crippen LogP contribution is 2.17. The third kappa shape index (κ3) is 6.45. The van der Waals surface area contributed by atoms with Crippen molar-refractivity contribution in [3.05, 3.63) is 70.3 Å². The topological polar surface area (TPSA) is 49.4 Å². The number of nitrogens with zero attached hydrogens (tertiary/aromatic N) is 1. The number of nitrogens with one attached hydrogen (secondary N) is 1. The summed E-state index contributed by atoms with van der Waals surface area (Å²) >= 11 is 0. The fourth-order valence-electron chi connectivity index (χ4n) is 3.20. The average molecular weight is 395 g/mol. The van der Waals surface area contributed by atoms with Gasteiger partial charge in [0.05, 0.1) is 6.42 Å². The van der Waals surface area contributed by atoms with Crippen molar-refractivity contribution in [3.8, 4) is 0 Å². The summed E-state index contributed by atoms with van der Waals surface area (Å²) in [7, 11) is 0. The molecule has 0 unspecified atom stereocenters.